The fraction of sp³-hybridized carbons (Fsp3) is 0.667. The molecule has 0 aromatic heterocycles. The number of aliphatic hydroxyl groups excluding tert-OH is 4. The standard InChI is InChI=1S/C21H29ClO3.C21H32O3/c1-2-3-4-5-14(23)6-7-15-16-12-17-18(10-13(16)11-21(15)25)20(24)9-8-19(17)22;1-2-3-4-7-16(22)9-10-17-18-11-14-6-5-8-20(23)19(14)12-15(18)13-21(17)24/h8-9,11,14-16,21,23-25H,2-7,10,12H2,1H3;5-6,8,15-18,21-24H,2-4,7,9-13H2,1H3/t14-,15+,16-,21+;15-,16-,17+,18-,21+/m00/s1. The molecule has 0 saturated heterocycles. The fourth-order valence-corrected chi connectivity index (χ4v) is 9.71. The third-order valence-corrected chi connectivity index (χ3v) is 12.6. The first-order valence-corrected chi connectivity index (χ1v) is 19.7. The summed E-state index contributed by atoms with van der Waals surface area (Å²) in [5, 5.41) is 62.4. The van der Waals surface area contributed by atoms with Crippen molar-refractivity contribution in [1.29, 1.82) is 0 Å². The van der Waals surface area contributed by atoms with Crippen LogP contribution in [0, 0.1) is 29.6 Å². The van der Waals surface area contributed by atoms with Gasteiger partial charge in [-0.05, 0) is 135 Å². The molecule has 0 amide bonds. The molecule has 2 aromatic rings. The Balaban J connectivity index is 0.000000191. The Morgan fingerprint density at radius 3 is 2.06 bits per heavy atom. The van der Waals surface area contributed by atoms with Crippen molar-refractivity contribution in [3.05, 3.63) is 69.3 Å². The van der Waals surface area contributed by atoms with Crippen molar-refractivity contribution in [1.82, 2.24) is 0 Å². The van der Waals surface area contributed by atoms with Crippen LogP contribution in [0.3, 0.4) is 0 Å². The van der Waals surface area contributed by atoms with Crippen LogP contribution in [0.1, 0.15) is 120 Å². The normalized spacial score (nSPS) is 28.0. The Kier molecular flexibility index (Phi) is 13.9. The minimum Gasteiger partial charge on any atom is -0.508 e. The van der Waals surface area contributed by atoms with E-state index in [1.54, 1.807) is 18.2 Å². The van der Waals surface area contributed by atoms with Gasteiger partial charge in [0.25, 0.3) is 0 Å². The van der Waals surface area contributed by atoms with Crippen molar-refractivity contribution < 1.29 is 30.6 Å². The molecule has 0 heterocycles. The Hall–Kier alpha value is -2.09. The third kappa shape index (κ3) is 9.43. The number of benzene rings is 2. The zero-order valence-corrected chi connectivity index (χ0v) is 30.5. The average Bonchev–Trinajstić information content (AvgIpc) is 3.56. The maximum absolute atomic E-state index is 10.6. The van der Waals surface area contributed by atoms with Crippen LogP contribution in [-0.2, 0) is 25.7 Å². The summed E-state index contributed by atoms with van der Waals surface area (Å²) in [7, 11) is 0. The van der Waals surface area contributed by atoms with E-state index in [-0.39, 0.29) is 30.1 Å². The number of rotatable bonds is 14. The van der Waals surface area contributed by atoms with Gasteiger partial charge in [0.1, 0.15) is 11.5 Å². The lowest BCUT2D eigenvalue weighted by atomic mass is 9.73. The topological polar surface area (TPSA) is 121 Å². The SMILES string of the molecule is CCCCC[C@H](O)CC[C@@H]1[C@H]2Cc3cccc(O)c3C[C@H]2C[C@H]1O.CCCCC[C@H](O)CC[C@H]1[C@H](O)C=C2Cc3c(O)ccc(Cl)c3C[C@@H]21. The van der Waals surface area contributed by atoms with E-state index in [4.69, 9.17) is 11.6 Å². The molecule has 0 aliphatic heterocycles. The van der Waals surface area contributed by atoms with E-state index >= 15 is 0 Å². The molecule has 49 heavy (non-hydrogen) atoms. The molecule has 2 aromatic carbocycles. The van der Waals surface area contributed by atoms with Gasteiger partial charge in [-0.25, -0.2) is 0 Å². The molecule has 0 bridgehead atoms. The number of aliphatic hydroxyl groups is 4. The smallest absolute Gasteiger partial charge is 0.119 e. The van der Waals surface area contributed by atoms with E-state index in [1.807, 2.05) is 12.1 Å². The quantitative estimate of drug-likeness (QED) is 0.0875. The highest BCUT2D eigenvalue weighted by molar-refractivity contribution is 6.31. The molecule has 4 aliphatic carbocycles. The maximum atomic E-state index is 10.6. The maximum Gasteiger partial charge on any atom is 0.119 e. The van der Waals surface area contributed by atoms with Crippen molar-refractivity contribution >= 4 is 11.6 Å². The number of halogens is 1. The number of hydrogen-bond acceptors (Lipinski definition) is 6. The molecule has 0 unspecified atom stereocenters. The summed E-state index contributed by atoms with van der Waals surface area (Å²) >= 11 is 6.35. The molecule has 4 aliphatic rings. The summed E-state index contributed by atoms with van der Waals surface area (Å²) in [5.74, 6) is 2.39. The van der Waals surface area contributed by atoms with E-state index in [1.165, 1.54) is 24.0 Å². The highest BCUT2D eigenvalue weighted by atomic mass is 35.5. The predicted molar refractivity (Wildman–Crippen MR) is 197 cm³/mol. The number of phenolic OH excluding ortho intramolecular Hbond substituents is 2. The molecule has 7 heteroatoms. The van der Waals surface area contributed by atoms with E-state index in [0.717, 1.165) is 107 Å². The summed E-state index contributed by atoms with van der Waals surface area (Å²) in [6.07, 6.45) is 16.8. The van der Waals surface area contributed by atoms with Crippen LogP contribution in [0.4, 0.5) is 0 Å². The van der Waals surface area contributed by atoms with Crippen LogP contribution in [-0.4, -0.2) is 55.1 Å². The Morgan fingerprint density at radius 1 is 0.735 bits per heavy atom. The molecule has 0 radical (unpaired) electrons. The van der Waals surface area contributed by atoms with Crippen molar-refractivity contribution in [3.63, 3.8) is 0 Å². The van der Waals surface area contributed by atoms with Crippen molar-refractivity contribution in [2.75, 3.05) is 0 Å². The second kappa shape index (κ2) is 17.9. The highest BCUT2D eigenvalue weighted by Gasteiger charge is 2.45. The molecule has 6 nitrogen and oxygen atoms in total. The number of unbranched alkanes of at least 4 members (excludes halogenated alkanes) is 4. The van der Waals surface area contributed by atoms with Crippen LogP contribution in [0.2, 0.25) is 5.02 Å². The predicted octanol–water partition coefficient (Wildman–Crippen LogP) is 8.22. The molecule has 1 fully saturated rings. The highest BCUT2D eigenvalue weighted by Crippen LogP contribution is 2.49. The Morgan fingerprint density at radius 2 is 1.39 bits per heavy atom. The first-order chi connectivity index (χ1) is 23.6. The zero-order valence-electron chi connectivity index (χ0n) is 29.7. The van der Waals surface area contributed by atoms with Crippen LogP contribution in [0.5, 0.6) is 11.5 Å². The van der Waals surface area contributed by atoms with Gasteiger partial charge in [0, 0.05) is 10.6 Å². The van der Waals surface area contributed by atoms with Gasteiger partial charge in [-0.3, -0.25) is 0 Å². The zero-order chi connectivity index (χ0) is 35.1. The minimum absolute atomic E-state index is 0.141. The van der Waals surface area contributed by atoms with Gasteiger partial charge >= 0.3 is 0 Å². The van der Waals surface area contributed by atoms with Gasteiger partial charge in [-0.15, -0.1) is 0 Å². The first-order valence-electron chi connectivity index (χ1n) is 19.3. The second-order valence-electron chi connectivity index (χ2n) is 15.6. The molecular weight excluding hydrogens is 636 g/mol. The van der Waals surface area contributed by atoms with Crippen LogP contribution in [0.15, 0.2) is 42.0 Å². The molecule has 0 spiro atoms. The van der Waals surface area contributed by atoms with Crippen molar-refractivity contribution in [2.45, 2.75) is 147 Å². The summed E-state index contributed by atoms with van der Waals surface area (Å²) in [6, 6.07) is 9.22. The van der Waals surface area contributed by atoms with Crippen molar-refractivity contribution in [3.8, 4) is 11.5 Å². The van der Waals surface area contributed by atoms with Gasteiger partial charge in [-0.1, -0.05) is 87.8 Å². The van der Waals surface area contributed by atoms with Gasteiger partial charge in [0.2, 0.25) is 0 Å². The first kappa shape index (κ1) is 38.1. The van der Waals surface area contributed by atoms with Gasteiger partial charge in [0.05, 0.1) is 24.4 Å². The number of fused-ring (bicyclic) bond motifs is 4. The number of allylic oxidation sites excluding steroid dienone is 1. The van der Waals surface area contributed by atoms with Gasteiger partial charge in [-0.2, -0.15) is 0 Å². The fourth-order valence-electron chi connectivity index (χ4n) is 9.45. The summed E-state index contributed by atoms with van der Waals surface area (Å²) in [4.78, 5) is 0. The van der Waals surface area contributed by atoms with Crippen molar-refractivity contribution in [2.24, 2.45) is 29.6 Å². The van der Waals surface area contributed by atoms with E-state index in [9.17, 15) is 30.6 Å². The van der Waals surface area contributed by atoms with Crippen LogP contribution < -0.4 is 0 Å². The second-order valence-corrected chi connectivity index (χ2v) is 16.0. The summed E-state index contributed by atoms with van der Waals surface area (Å²) in [5.41, 5.74) is 5.47. The molecule has 9 atom stereocenters. The van der Waals surface area contributed by atoms with Crippen LogP contribution >= 0.6 is 11.6 Å². The Bertz CT molecular complexity index is 1390. The number of phenols is 2. The average molecular weight is 697 g/mol. The molecule has 6 rings (SSSR count). The molecular formula is C42H61ClO6. The lowest BCUT2D eigenvalue weighted by molar-refractivity contribution is 0.0869. The van der Waals surface area contributed by atoms with E-state index in [2.05, 4.69) is 19.9 Å². The van der Waals surface area contributed by atoms with E-state index in [0.29, 0.717) is 40.7 Å². The Labute approximate surface area is 299 Å². The molecule has 272 valence electrons. The molecule has 6 N–H and O–H groups in total. The van der Waals surface area contributed by atoms with Gasteiger partial charge in [0.15, 0.2) is 0 Å². The summed E-state index contributed by atoms with van der Waals surface area (Å²) in [6.45, 7) is 4.35. The summed E-state index contributed by atoms with van der Waals surface area (Å²) < 4.78 is 0. The largest absolute Gasteiger partial charge is 0.508 e. The third-order valence-electron chi connectivity index (χ3n) is 12.3. The number of aromatic hydroxyl groups is 2. The lowest BCUT2D eigenvalue weighted by Crippen LogP contribution is -2.27. The monoisotopic (exact) mass is 696 g/mol. The molecule has 1 saturated carbocycles. The van der Waals surface area contributed by atoms with E-state index < -0.39 is 6.10 Å². The van der Waals surface area contributed by atoms with Crippen LogP contribution in [0.25, 0.3) is 0 Å². The minimum atomic E-state index is -0.460. The lowest BCUT2D eigenvalue weighted by Gasteiger charge is -2.32. The van der Waals surface area contributed by atoms with Gasteiger partial charge < -0.3 is 30.6 Å². The number of hydrogen-bond donors (Lipinski definition) is 6.